The Hall–Kier alpha value is -1.10. The molecule has 1 fully saturated rings. The molecule has 0 aromatic rings. The molecule has 1 rings (SSSR count). The number of carboxylic acid groups (broad SMARTS) is 1. The van der Waals surface area contributed by atoms with Gasteiger partial charge in [0.05, 0.1) is 12.0 Å². The molecule has 0 heterocycles. The number of amides is 1. The Bertz CT molecular complexity index is 297. The number of aliphatic carboxylic acids is 1. The van der Waals surface area contributed by atoms with Gasteiger partial charge in [-0.05, 0) is 12.8 Å². The second kappa shape index (κ2) is 6.73. The van der Waals surface area contributed by atoms with E-state index in [-0.39, 0.29) is 12.3 Å². The van der Waals surface area contributed by atoms with E-state index < -0.39 is 11.5 Å². The Morgan fingerprint density at radius 2 is 1.89 bits per heavy atom. The highest BCUT2D eigenvalue weighted by Gasteiger charge is 2.37. The zero-order chi connectivity index (χ0) is 13.6. The molecule has 18 heavy (non-hydrogen) atoms. The molecule has 1 saturated carbocycles. The first-order chi connectivity index (χ1) is 8.43. The average molecular weight is 256 g/mol. The number of carboxylic acids is 1. The number of carbonyl (C=O) groups is 2. The quantitative estimate of drug-likeness (QED) is 0.641. The molecule has 0 aromatic heterocycles. The fourth-order valence-corrected chi connectivity index (χ4v) is 2.52. The maximum absolute atomic E-state index is 11.8. The number of nitrogens with one attached hydrogen (secondary N) is 2. The van der Waals surface area contributed by atoms with Crippen molar-refractivity contribution in [2.24, 2.45) is 0 Å². The van der Waals surface area contributed by atoms with Gasteiger partial charge < -0.3 is 15.7 Å². The molecular weight excluding hydrogens is 232 g/mol. The maximum atomic E-state index is 11.8. The summed E-state index contributed by atoms with van der Waals surface area (Å²) in [6.07, 6.45) is 4.00. The van der Waals surface area contributed by atoms with Gasteiger partial charge in [-0.1, -0.05) is 26.7 Å². The minimum Gasteiger partial charge on any atom is -0.481 e. The lowest BCUT2D eigenvalue weighted by molar-refractivity contribution is -0.139. The van der Waals surface area contributed by atoms with E-state index in [2.05, 4.69) is 10.6 Å². The summed E-state index contributed by atoms with van der Waals surface area (Å²) in [7, 11) is 0. The highest BCUT2D eigenvalue weighted by Crippen LogP contribution is 2.32. The van der Waals surface area contributed by atoms with Crippen LogP contribution in [0.1, 0.15) is 52.4 Å². The van der Waals surface area contributed by atoms with Crippen molar-refractivity contribution in [1.82, 2.24) is 10.6 Å². The minimum absolute atomic E-state index is 0.0380. The van der Waals surface area contributed by atoms with Crippen LogP contribution in [0, 0.1) is 0 Å². The van der Waals surface area contributed by atoms with Crippen LogP contribution in [-0.2, 0) is 9.59 Å². The molecule has 5 heteroatoms. The standard InChI is InChI=1S/C13H24N2O3/c1-10(2)14-8-5-11(16)15-13(9-12(17)18)6-3-4-7-13/h10,14H,3-9H2,1-2H3,(H,15,16)(H,17,18). The van der Waals surface area contributed by atoms with E-state index in [1.54, 1.807) is 0 Å². The molecule has 0 saturated heterocycles. The van der Waals surface area contributed by atoms with Crippen molar-refractivity contribution in [2.45, 2.75) is 64.0 Å². The van der Waals surface area contributed by atoms with E-state index in [1.807, 2.05) is 13.8 Å². The van der Waals surface area contributed by atoms with Crippen LogP contribution in [0.3, 0.4) is 0 Å². The lowest BCUT2D eigenvalue weighted by atomic mass is 9.93. The SMILES string of the molecule is CC(C)NCCC(=O)NC1(CC(=O)O)CCCC1. The van der Waals surface area contributed by atoms with Gasteiger partial charge in [-0.25, -0.2) is 0 Å². The molecule has 1 aliphatic rings. The first-order valence-corrected chi connectivity index (χ1v) is 6.70. The van der Waals surface area contributed by atoms with Crippen LogP contribution in [0.5, 0.6) is 0 Å². The lowest BCUT2D eigenvalue weighted by Crippen LogP contribution is -2.48. The van der Waals surface area contributed by atoms with Crippen molar-refractivity contribution in [1.29, 1.82) is 0 Å². The first kappa shape index (κ1) is 15.0. The molecule has 5 nitrogen and oxygen atoms in total. The molecule has 0 unspecified atom stereocenters. The van der Waals surface area contributed by atoms with Crippen LogP contribution >= 0.6 is 0 Å². The van der Waals surface area contributed by atoms with E-state index in [0.29, 0.717) is 19.0 Å². The van der Waals surface area contributed by atoms with E-state index >= 15 is 0 Å². The zero-order valence-electron chi connectivity index (χ0n) is 11.3. The van der Waals surface area contributed by atoms with Gasteiger partial charge in [0.25, 0.3) is 0 Å². The van der Waals surface area contributed by atoms with E-state index in [0.717, 1.165) is 25.7 Å². The summed E-state index contributed by atoms with van der Waals surface area (Å²) in [5.74, 6) is -0.885. The van der Waals surface area contributed by atoms with Gasteiger partial charge in [0.15, 0.2) is 0 Å². The highest BCUT2D eigenvalue weighted by atomic mass is 16.4. The summed E-state index contributed by atoms with van der Waals surface area (Å²) in [5, 5.41) is 15.1. The molecule has 104 valence electrons. The number of hydrogen-bond donors (Lipinski definition) is 3. The summed E-state index contributed by atoms with van der Waals surface area (Å²) < 4.78 is 0. The average Bonchev–Trinajstić information content (AvgIpc) is 2.64. The maximum Gasteiger partial charge on any atom is 0.305 e. The predicted molar refractivity (Wildman–Crippen MR) is 69.4 cm³/mol. The fourth-order valence-electron chi connectivity index (χ4n) is 2.52. The van der Waals surface area contributed by atoms with Crippen molar-refractivity contribution >= 4 is 11.9 Å². The molecular formula is C13H24N2O3. The van der Waals surface area contributed by atoms with Crippen molar-refractivity contribution in [3.63, 3.8) is 0 Å². The Labute approximate surface area is 108 Å². The molecule has 0 aromatic carbocycles. The summed E-state index contributed by atoms with van der Waals surface area (Å²) in [6.45, 7) is 4.69. The van der Waals surface area contributed by atoms with Gasteiger partial charge >= 0.3 is 5.97 Å². The van der Waals surface area contributed by atoms with Gasteiger partial charge in [-0.2, -0.15) is 0 Å². The summed E-state index contributed by atoms with van der Waals surface area (Å²) in [4.78, 5) is 22.7. The number of hydrogen-bond acceptors (Lipinski definition) is 3. The number of rotatable bonds is 7. The van der Waals surface area contributed by atoms with E-state index in [4.69, 9.17) is 5.11 Å². The molecule has 0 aliphatic heterocycles. The van der Waals surface area contributed by atoms with Crippen molar-refractivity contribution in [3.05, 3.63) is 0 Å². The third-order valence-corrected chi connectivity index (χ3v) is 3.36. The van der Waals surface area contributed by atoms with Crippen molar-refractivity contribution < 1.29 is 14.7 Å². The zero-order valence-corrected chi connectivity index (χ0v) is 11.3. The Morgan fingerprint density at radius 1 is 1.28 bits per heavy atom. The molecule has 1 aliphatic carbocycles. The van der Waals surface area contributed by atoms with Gasteiger partial charge in [0.2, 0.25) is 5.91 Å². The summed E-state index contributed by atoms with van der Waals surface area (Å²) >= 11 is 0. The lowest BCUT2D eigenvalue weighted by Gasteiger charge is -2.28. The molecule has 0 spiro atoms. The highest BCUT2D eigenvalue weighted by molar-refractivity contribution is 5.78. The second-order valence-electron chi connectivity index (χ2n) is 5.46. The molecule has 0 radical (unpaired) electrons. The largest absolute Gasteiger partial charge is 0.481 e. The molecule has 1 amide bonds. The van der Waals surface area contributed by atoms with Crippen LogP contribution in [0.2, 0.25) is 0 Å². The van der Waals surface area contributed by atoms with Crippen molar-refractivity contribution in [3.8, 4) is 0 Å². The van der Waals surface area contributed by atoms with Crippen LogP contribution in [0.15, 0.2) is 0 Å². The smallest absolute Gasteiger partial charge is 0.305 e. The monoisotopic (exact) mass is 256 g/mol. The molecule has 0 atom stereocenters. The first-order valence-electron chi connectivity index (χ1n) is 6.70. The molecule has 0 bridgehead atoms. The van der Waals surface area contributed by atoms with Gasteiger partial charge in [-0.3, -0.25) is 9.59 Å². The Balaban J connectivity index is 2.41. The number of carbonyl (C=O) groups excluding carboxylic acids is 1. The van der Waals surface area contributed by atoms with Gasteiger partial charge in [0, 0.05) is 19.0 Å². The summed E-state index contributed by atoms with van der Waals surface area (Å²) in [6, 6.07) is 0.359. The van der Waals surface area contributed by atoms with Crippen LogP contribution in [-0.4, -0.2) is 35.1 Å². The summed E-state index contributed by atoms with van der Waals surface area (Å²) in [5.41, 5.74) is -0.499. The molecule has 3 N–H and O–H groups in total. The van der Waals surface area contributed by atoms with Gasteiger partial charge in [-0.15, -0.1) is 0 Å². The fraction of sp³-hybridized carbons (Fsp3) is 0.846. The van der Waals surface area contributed by atoms with Crippen LogP contribution < -0.4 is 10.6 Å². The topological polar surface area (TPSA) is 78.4 Å². The van der Waals surface area contributed by atoms with Crippen LogP contribution in [0.25, 0.3) is 0 Å². The predicted octanol–water partition coefficient (Wildman–Crippen LogP) is 1.28. The second-order valence-corrected chi connectivity index (χ2v) is 5.46. The third-order valence-electron chi connectivity index (χ3n) is 3.36. The van der Waals surface area contributed by atoms with E-state index in [1.165, 1.54) is 0 Å². The Morgan fingerprint density at radius 3 is 2.39 bits per heavy atom. The minimum atomic E-state index is -0.836. The van der Waals surface area contributed by atoms with E-state index in [9.17, 15) is 9.59 Å². The van der Waals surface area contributed by atoms with Gasteiger partial charge in [0.1, 0.15) is 0 Å². The third kappa shape index (κ3) is 5.04. The Kier molecular flexibility index (Phi) is 5.59. The normalized spacial score (nSPS) is 17.9. The van der Waals surface area contributed by atoms with Crippen molar-refractivity contribution in [2.75, 3.05) is 6.54 Å². The van der Waals surface area contributed by atoms with Crippen LogP contribution in [0.4, 0.5) is 0 Å².